The average Bonchev–Trinajstić information content (AvgIpc) is 2.46. The van der Waals surface area contributed by atoms with Crippen LogP contribution in [0.4, 0.5) is 0 Å². The molecule has 0 spiro atoms. The van der Waals surface area contributed by atoms with E-state index >= 15 is 0 Å². The molecule has 1 aliphatic carbocycles. The number of nitrogens with one attached hydrogen (secondary N) is 1. The molecule has 2 saturated heterocycles. The molecule has 0 aromatic carbocycles. The maximum atomic E-state index is 12.4. The summed E-state index contributed by atoms with van der Waals surface area (Å²) in [5.41, 5.74) is 0. The number of nitrogens with zero attached hydrogens (tertiary/aromatic N) is 2. The highest BCUT2D eigenvalue weighted by Crippen LogP contribution is 2.27. The van der Waals surface area contributed by atoms with Crippen molar-refractivity contribution in [2.24, 2.45) is 11.8 Å². The number of rotatable bonds is 3. The summed E-state index contributed by atoms with van der Waals surface area (Å²) in [6.07, 6.45) is 7.07. The monoisotopic (exact) mass is 329 g/mol. The van der Waals surface area contributed by atoms with Crippen LogP contribution in [0.2, 0.25) is 0 Å². The summed E-state index contributed by atoms with van der Waals surface area (Å²) in [4.78, 5) is 28.4. The van der Waals surface area contributed by atoms with Crippen LogP contribution in [0, 0.1) is 11.8 Å². The van der Waals surface area contributed by atoms with Crippen molar-refractivity contribution in [3.63, 3.8) is 0 Å². The molecule has 2 heterocycles. The third-order valence-electron chi connectivity index (χ3n) is 5.26. The van der Waals surface area contributed by atoms with Crippen molar-refractivity contribution in [1.29, 1.82) is 0 Å². The van der Waals surface area contributed by atoms with E-state index in [1.165, 1.54) is 32.1 Å². The number of carbonyl (C=O) groups excluding carboxylic acids is 2. The number of halogens is 1. The number of hydrogen-bond donors (Lipinski definition) is 1. The Morgan fingerprint density at radius 1 is 0.909 bits per heavy atom. The third kappa shape index (κ3) is 4.13. The summed E-state index contributed by atoms with van der Waals surface area (Å²) in [6.45, 7) is 4.51. The van der Waals surface area contributed by atoms with E-state index in [0.717, 1.165) is 32.6 Å². The molecule has 6 heteroatoms. The van der Waals surface area contributed by atoms with Gasteiger partial charge in [-0.3, -0.25) is 9.59 Å². The van der Waals surface area contributed by atoms with Gasteiger partial charge in [-0.05, 0) is 18.8 Å². The molecule has 2 aliphatic heterocycles. The highest BCUT2D eigenvalue weighted by atomic mass is 35.5. The second-order valence-corrected chi connectivity index (χ2v) is 6.77. The van der Waals surface area contributed by atoms with E-state index < -0.39 is 0 Å². The Bertz CT molecular complexity index is 387. The molecular weight excluding hydrogens is 302 g/mol. The van der Waals surface area contributed by atoms with Crippen molar-refractivity contribution < 1.29 is 9.59 Å². The lowest BCUT2D eigenvalue weighted by molar-refractivity contribution is -0.143. The van der Waals surface area contributed by atoms with Gasteiger partial charge in [0.2, 0.25) is 11.8 Å². The maximum Gasteiger partial charge on any atom is 0.228 e. The smallest absolute Gasteiger partial charge is 0.228 e. The molecule has 0 aromatic heterocycles. The summed E-state index contributed by atoms with van der Waals surface area (Å²) < 4.78 is 0. The molecular formula is C16H28ClN3O2. The zero-order valence-electron chi connectivity index (χ0n) is 13.3. The summed E-state index contributed by atoms with van der Waals surface area (Å²) in [5.74, 6) is 1.36. The molecule has 3 fully saturated rings. The molecule has 3 rings (SSSR count). The van der Waals surface area contributed by atoms with E-state index in [0.29, 0.717) is 24.9 Å². The Morgan fingerprint density at radius 2 is 1.50 bits per heavy atom. The Kier molecular flexibility index (Phi) is 6.50. The normalized spacial score (nSPS) is 23.6. The average molecular weight is 330 g/mol. The molecule has 1 N–H and O–H groups in total. The van der Waals surface area contributed by atoms with E-state index in [1.807, 2.05) is 9.80 Å². The zero-order valence-corrected chi connectivity index (χ0v) is 14.1. The Labute approximate surface area is 139 Å². The lowest BCUT2D eigenvalue weighted by Crippen LogP contribution is -2.57. The lowest BCUT2D eigenvalue weighted by atomic mass is 9.86. The second-order valence-electron chi connectivity index (χ2n) is 6.77. The van der Waals surface area contributed by atoms with Crippen LogP contribution in [0.15, 0.2) is 0 Å². The molecule has 1 saturated carbocycles. The highest BCUT2D eigenvalue weighted by molar-refractivity contribution is 5.85. The van der Waals surface area contributed by atoms with Gasteiger partial charge in [0.25, 0.3) is 0 Å². The van der Waals surface area contributed by atoms with Crippen LogP contribution >= 0.6 is 12.4 Å². The summed E-state index contributed by atoms with van der Waals surface area (Å²) in [7, 11) is 0. The van der Waals surface area contributed by atoms with Crippen LogP contribution in [0.1, 0.15) is 38.5 Å². The molecule has 0 atom stereocenters. The second kappa shape index (κ2) is 8.16. The SMILES string of the molecule is Cl.O=C(CC1CCCCC1)N1CCN(C(=O)C2CNC2)CC1. The molecule has 3 aliphatic rings. The first-order valence-electron chi connectivity index (χ1n) is 8.51. The van der Waals surface area contributed by atoms with Crippen molar-refractivity contribution >= 4 is 24.2 Å². The standard InChI is InChI=1S/C16H27N3O2.ClH/c20-15(10-13-4-2-1-3-5-13)18-6-8-19(9-7-18)16(21)14-11-17-12-14;/h13-14,17H,1-12H2;1H. The van der Waals surface area contributed by atoms with Gasteiger partial charge >= 0.3 is 0 Å². The van der Waals surface area contributed by atoms with Crippen LogP contribution in [0.3, 0.4) is 0 Å². The minimum atomic E-state index is 0. The van der Waals surface area contributed by atoms with E-state index in [9.17, 15) is 9.59 Å². The zero-order chi connectivity index (χ0) is 14.7. The fourth-order valence-corrected chi connectivity index (χ4v) is 3.67. The minimum absolute atomic E-state index is 0. The van der Waals surface area contributed by atoms with Gasteiger partial charge < -0.3 is 15.1 Å². The van der Waals surface area contributed by atoms with Gasteiger partial charge in [0.1, 0.15) is 0 Å². The molecule has 2 amide bonds. The Hall–Kier alpha value is -0.810. The van der Waals surface area contributed by atoms with Crippen molar-refractivity contribution in [1.82, 2.24) is 15.1 Å². The van der Waals surface area contributed by atoms with Gasteiger partial charge in [-0.2, -0.15) is 0 Å². The number of hydrogen-bond acceptors (Lipinski definition) is 3. The quantitative estimate of drug-likeness (QED) is 0.848. The van der Waals surface area contributed by atoms with Crippen LogP contribution in [0.5, 0.6) is 0 Å². The molecule has 0 unspecified atom stereocenters. The molecule has 0 aromatic rings. The number of piperazine rings is 1. The van der Waals surface area contributed by atoms with Crippen molar-refractivity contribution in [2.75, 3.05) is 39.3 Å². The van der Waals surface area contributed by atoms with E-state index in [-0.39, 0.29) is 24.2 Å². The third-order valence-corrected chi connectivity index (χ3v) is 5.26. The van der Waals surface area contributed by atoms with E-state index in [4.69, 9.17) is 0 Å². The first-order chi connectivity index (χ1) is 10.2. The van der Waals surface area contributed by atoms with Gasteiger partial charge in [-0.15, -0.1) is 12.4 Å². The van der Waals surface area contributed by atoms with Crippen molar-refractivity contribution in [3.8, 4) is 0 Å². The minimum Gasteiger partial charge on any atom is -0.339 e. The number of carbonyl (C=O) groups is 2. The van der Waals surface area contributed by atoms with Crippen molar-refractivity contribution in [3.05, 3.63) is 0 Å². The van der Waals surface area contributed by atoms with Gasteiger partial charge in [-0.1, -0.05) is 19.3 Å². The largest absolute Gasteiger partial charge is 0.339 e. The topological polar surface area (TPSA) is 52.7 Å². The summed E-state index contributed by atoms with van der Waals surface area (Å²) >= 11 is 0. The Balaban J connectivity index is 0.00000176. The molecule has 0 radical (unpaired) electrons. The maximum absolute atomic E-state index is 12.4. The van der Waals surface area contributed by atoms with Gasteiger partial charge in [0, 0.05) is 45.7 Å². The molecule has 5 nitrogen and oxygen atoms in total. The lowest BCUT2D eigenvalue weighted by Gasteiger charge is -2.39. The Morgan fingerprint density at radius 3 is 2.05 bits per heavy atom. The van der Waals surface area contributed by atoms with Crippen LogP contribution in [-0.2, 0) is 9.59 Å². The number of amides is 2. The van der Waals surface area contributed by atoms with Gasteiger partial charge in [0.05, 0.1) is 5.92 Å². The first-order valence-corrected chi connectivity index (χ1v) is 8.51. The molecule has 22 heavy (non-hydrogen) atoms. The summed E-state index contributed by atoms with van der Waals surface area (Å²) in [5, 5.41) is 3.14. The summed E-state index contributed by atoms with van der Waals surface area (Å²) in [6, 6.07) is 0. The van der Waals surface area contributed by atoms with Crippen LogP contribution in [-0.4, -0.2) is 60.9 Å². The highest BCUT2D eigenvalue weighted by Gasteiger charge is 2.32. The van der Waals surface area contributed by atoms with Gasteiger partial charge in [0.15, 0.2) is 0 Å². The fourth-order valence-electron chi connectivity index (χ4n) is 3.67. The first kappa shape index (κ1) is 17.5. The van der Waals surface area contributed by atoms with Crippen LogP contribution < -0.4 is 5.32 Å². The van der Waals surface area contributed by atoms with Gasteiger partial charge in [-0.25, -0.2) is 0 Å². The van der Waals surface area contributed by atoms with E-state index in [1.54, 1.807) is 0 Å². The van der Waals surface area contributed by atoms with E-state index in [2.05, 4.69) is 5.32 Å². The molecule has 0 bridgehead atoms. The fraction of sp³-hybridized carbons (Fsp3) is 0.875. The predicted molar refractivity (Wildman–Crippen MR) is 88.0 cm³/mol. The predicted octanol–water partition coefficient (Wildman–Crippen LogP) is 1.27. The molecule has 126 valence electrons. The van der Waals surface area contributed by atoms with Crippen LogP contribution in [0.25, 0.3) is 0 Å². The van der Waals surface area contributed by atoms with Crippen molar-refractivity contribution in [2.45, 2.75) is 38.5 Å².